The van der Waals surface area contributed by atoms with Crippen LogP contribution in [0, 0.1) is 25.2 Å². The molecule has 0 aromatic carbocycles. The molecule has 2 aromatic heterocycles. The van der Waals surface area contributed by atoms with Gasteiger partial charge < -0.3 is 14.0 Å². The molecule has 2 aromatic rings. The number of aryl methyl sites for hydroxylation is 2. The second-order valence-electron chi connectivity index (χ2n) is 9.20. The van der Waals surface area contributed by atoms with Gasteiger partial charge in [-0.2, -0.15) is 5.26 Å². The number of nitrogens with zero attached hydrogens (tertiary/aromatic N) is 6. The van der Waals surface area contributed by atoms with E-state index in [-0.39, 0.29) is 11.5 Å². The number of carbonyl (C=O) groups excluding carboxylic acids is 1. The van der Waals surface area contributed by atoms with E-state index in [4.69, 9.17) is 0 Å². The maximum atomic E-state index is 13.1. The van der Waals surface area contributed by atoms with Gasteiger partial charge in [0.2, 0.25) is 0 Å². The Balaban J connectivity index is 1.47. The van der Waals surface area contributed by atoms with Crippen molar-refractivity contribution in [3.8, 4) is 6.07 Å². The molecular formula is C25H34N6O. The van der Waals surface area contributed by atoms with Crippen molar-refractivity contribution in [2.24, 2.45) is 0 Å². The van der Waals surface area contributed by atoms with Gasteiger partial charge in [-0.3, -0.25) is 4.79 Å². The maximum absolute atomic E-state index is 13.1. The fourth-order valence-electron chi connectivity index (χ4n) is 5.48. The quantitative estimate of drug-likeness (QED) is 0.511. The molecule has 1 aliphatic heterocycles. The molecule has 1 saturated heterocycles. The minimum absolute atomic E-state index is 0.162. The van der Waals surface area contributed by atoms with Crippen molar-refractivity contribution in [1.29, 1.82) is 5.26 Å². The Bertz CT molecular complexity index is 1030. The number of likely N-dealkylation sites (tertiary alicyclic amines) is 1. The van der Waals surface area contributed by atoms with Gasteiger partial charge >= 0.3 is 0 Å². The third-order valence-corrected chi connectivity index (χ3v) is 7.25. The van der Waals surface area contributed by atoms with Crippen LogP contribution in [0.1, 0.15) is 86.6 Å². The van der Waals surface area contributed by atoms with Gasteiger partial charge in [-0.05, 0) is 64.2 Å². The van der Waals surface area contributed by atoms with E-state index >= 15 is 0 Å². The van der Waals surface area contributed by atoms with Crippen molar-refractivity contribution >= 4 is 12.0 Å². The number of piperidine rings is 1. The summed E-state index contributed by atoms with van der Waals surface area (Å²) in [4.78, 5) is 15.0. The van der Waals surface area contributed by atoms with Crippen molar-refractivity contribution in [2.75, 3.05) is 13.1 Å². The Hall–Kier alpha value is -2.88. The first-order valence-corrected chi connectivity index (χ1v) is 12.0. The fraction of sp³-hybridized carbons (Fsp3) is 0.600. The van der Waals surface area contributed by atoms with Crippen molar-refractivity contribution < 1.29 is 4.79 Å². The summed E-state index contributed by atoms with van der Waals surface area (Å²) >= 11 is 0. The first-order valence-electron chi connectivity index (χ1n) is 12.0. The average molecular weight is 435 g/mol. The highest BCUT2D eigenvalue weighted by molar-refractivity contribution is 6.01. The molecule has 7 nitrogen and oxygen atoms in total. The molecule has 0 radical (unpaired) electrons. The summed E-state index contributed by atoms with van der Waals surface area (Å²) in [7, 11) is 0. The monoisotopic (exact) mass is 434 g/mol. The molecule has 3 heterocycles. The first kappa shape index (κ1) is 22.3. The predicted octanol–water partition coefficient (Wildman–Crippen LogP) is 4.53. The molecule has 1 saturated carbocycles. The topological polar surface area (TPSA) is 79.7 Å². The Morgan fingerprint density at radius 2 is 1.91 bits per heavy atom. The number of aromatic nitrogens is 4. The molecule has 1 aliphatic carbocycles. The zero-order valence-electron chi connectivity index (χ0n) is 19.5. The van der Waals surface area contributed by atoms with E-state index in [0.717, 1.165) is 36.5 Å². The van der Waals surface area contributed by atoms with Gasteiger partial charge in [0.15, 0.2) is 0 Å². The molecule has 170 valence electrons. The highest BCUT2D eigenvalue weighted by Crippen LogP contribution is 2.33. The van der Waals surface area contributed by atoms with E-state index in [1.807, 2.05) is 4.90 Å². The molecule has 4 rings (SSSR count). The van der Waals surface area contributed by atoms with Crippen LogP contribution in [-0.2, 0) is 11.3 Å². The van der Waals surface area contributed by atoms with Crippen molar-refractivity contribution in [3.05, 3.63) is 40.7 Å². The molecule has 0 N–H and O–H groups in total. The zero-order chi connectivity index (χ0) is 22.7. The second kappa shape index (κ2) is 9.72. The standard InChI is InChI=1S/C25H34N6O/c1-4-29-17-27-28-24(29)20-10-12-30(13-11-20)25(32)22(16-26)15-21-14-18(2)31(19(21)3)23-8-6-5-7-9-23/h14-15,17,20,23H,4-13H2,1-3H3/b22-15+. The molecule has 0 unspecified atom stereocenters. The van der Waals surface area contributed by atoms with Crippen LogP contribution in [0.4, 0.5) is 0 Å². The van der Waals surface area contributed by atoms with E-state index in [9.17, 15) is 10.1 Å². The highest BCUT2D eigenvalue weighted by Gasteiger charge is 2.28. The van der Waals surface area contributed by atoms with E-state index in [1.54, 1.807) is 12.4 Å². The molecule has 0 bridgehead atoms. The second-order valence-corrected chi connectivity index (χ2v) is 9.20. The number of nitriles is 1. The summed E-state index contributed by atoms with van der Waals surface area (Å²) in [5.41, 5.74) is 3.59. The number of hydrogen-bond donors (Lipinski definition) is 0. The lowest BCUT2D eigenvalue weighted by Gasteiger charge is -2.31. The number of amides is 1. The lowest BCUT2D eigenvalue weighted by atomic mass is 9.95. The smallest absolute Gasteiger partial charge is 0.264 e. The van der Waals surface area contributed by atoms with Crippen molar-refractivity contribution in [1.82, 2.24) is 24.2 Å². The maximum Gasteiger partial charge on any atom is 0.264 e. The van der Waals surface area contributed by atoms with Gasteiger partial charge in [-0.1, -0.05) is 19.3 Å². The van der Waals surface area contributed by atoms with Crippen LogP contribution in [0.3, 0.4) is 0 Å². The van der Waals surface area contributed by atoms with Crippen LogP contribution in [-0.4, -0.2) is 43.2 Å². The van der Waals surface area contributed by atoms with Crippen LogP contribution in [0.5, 0.6) is 0 Å². The van der Waals surface area contributed by atoms with Crippen LogP contribution in [0.15, 0.2) is 18.0 Å². The lowest BCUT2D eigenvalue weighted by molar-refractivity contribution is -0.127. The lowest BCUT2D eigenvalue weighted by Crippen LogP contribution is -2.39. The summed E-state index contributed by atoms with van der Waals surface area (Å²) in [5, 5.41) is 18.1. The Labute approximate surface area is 190 Å². The third-order valence-electron chi connectivity index (χ3n) is 7.25. The van der Waals surface area contributed by atoms with Gasteiger partial charge in [0, 0.05) is 43.0 Å². The largest absolute Gasteiger partial charge is 0.346 e. The Morgan fingerprint density at radius 3 is 2.56 bits per heavy atom. The number of carbonyl (C=O) groups is 1. The van der Waals surface area contributed by atoms with Gasteiger partial charge in [0.1, 0.15) is 23.8 Å². The predicted molar refractivity (Wildman–Crippen MR) is 124 cm³/mol. The summed E-state index contributed by atoms with van der Waals surface area (Å²) in [6, 6.07) is 4.84. The van der Waals surface area contributed by atoms with Crippen LogP contribution in [0.2, 0.25) is 0 Å². The third kappa shape index (κ3) is 4.36. The summed E-state index contributed by atoms with van der Waals surface area (Å²) in [6.07, 6.45) is 11.6. The molecule has 2 aliphatic rings. The van der Waals surface area contributed by atoms with Gasteiger partial charge in [-0.15, -0.1) is 10.2 Å². The number of rotatable bonds is 5. The van der Waals surface area contributed by atoms with E-state index in [0.29, 0.717) is 25.0 Å². The molecule has 32 heavy (non-hydrogen) atoms. The fourth-order valence-corrected chi connectivity index (χ4v) is 5.48. The molecule has 7 heteroatoms. The summed E-state index contributed by atoms with van der Waals surface area (Å²) < 4.78 is 4.49. The average Bonchev–Trinajstić information content (AvgIpc) is 3.41. The molecule has 0 atom stereocenters. The summed E-state index contributed by atoms with van der Waals surface area (Å²) in [6.45, 7) is 8.46. The molecular weight excluding hydrogens is 400 g/mol. The highest BCUT2D eigenvalue weighted by atomic mass is 16.2. The van der Waals surface area contributed by atoms with E-state index in [1.165, 1.54) is 37.8 Å². The van der Waals surface area contributed by atoms with Crippen molar-refractivity contribution in [3.63, 3.8) is 0 Å². The van der Waals surface area contributed by atoms with Crippen molar-refractivity contribution in [2.45, 2.75) is 84.2 Å². The Morgan fingerprint density at radius 1 is 1.19 bits per heavy atom. The normalized spacial score (nSPS) is 18.7. The minimum Gasteiger partial charge on any atom is -0.346 e. The minimum atomic E-state index is -0.162. The van der Waals surface area contributed by atoms with Gasteiger partial charge in [-0.25, -0.2) is 0 Å². The SMILES string of the molecule is CCn1cnnc1C1CCN(C(=O)/C(C#N)=C/c2cc(C)n(C3CCCCC3)c2C)CC1. The van der Waals surface area contributed by atoms with E-state index < -0.39 is 0 Å². The van der Waals surface area contributed by atoms with Crippen LogP contribution in [0.25, 0.3) is 6.08 Å². The number of hydrogen-bond acceptors (Lipinski definition) is 4. The van der Waals surface area contributed by atoms with Gasteiger partial charge in [0.25, 0.3) is 5.91 Å². The molecule has 1 amide bonds. The first-order chi connectivity index (χ1) is 15.5. The summed E-state index contributed by atoms with van der Waals surface area (Å²) in [5.74, 6) is 1.15. The van der Waals surface area contributed by atoms with E-state index in [2.05, 4.69) is 52.2 Å². The Kier molecular flexibility index (Phi) is 6.78. The zero-order valence-corrected chi connectivity index (χ0v) is 19.5. The van der Waals surface area contributed by atoms with Crippen LogP contribution >= 0.6 is 0 Å². The molecule has 2 fully saturated rings. The molecule has 0 spiro atoms. The van der Waals surface area contributed by atoms with Gasteiger partial charge in [0.05, 0.1) is 0 Å². The van der Waals surface area contributed by atoms with Crippen LogP contribution < -0.4 is 0 Å².